The minimum absolute atomic E-state index is 0.0529. The lowest BCUT2D eigenvalue weighted by Crippen LogP contribution is -2.42. The molecule has 1 aromatic heterocycles. The highest BCUT2D eigenvalue weighted by Gasteiger charge is 2.24. The average molecular weight is 538 g/mol. The first-order valence-electron chi connectivity index (χ1n) is 10.7. The first-order valence-corrected chi connectivity index (χ1v) is 11.8. The van der Waals surface area contributed by atoms with Crippen LogP contribution in [0.25, 0.3) is 0 Å². The lowest BCUT2D eigenvalue weighted by Gasteiger charge is -2.24. The fourth-order valence-corrected chi connectivity index (χ4v) is 4.21. The zero-order chi connectivity index (χ0) is 25.7. The van der Waals surface area contributed by atoms with Crippen molar-refractivity contribution in [1.82, 2.24) is 9.55 Å². The van der Waals surface area contributed by atoms with E-state index in [2.05, 4.69) is 4.98 Å². The van der Waals surface area contributed by atoms with E-state index in [1.54, 1.807) is 85.5 Å². The van der Waals surface area contributed by atoms with Crippen LogP contribution in [0, 0.1) is 11.3 Å². The van der Waals surface area contributed by atoms with Gasteiger partial charge < -0.3 is 10.3 Å². The highest BCUT2D eigenvalue weighted by atomic mass is 35.5. The van der Waals surface area contributed by atoms with Gasteiger partial charge in [-0.25, -0.2) is 14.9 Å². The molecule has 4 rings (SSSR count). The molecule has 36 heavy (non-hydrogen) atoms. The van der Waals surface area contributed by atoms with Crippen molar-refractivity contribution in [1.29, 1.82) is 5.26 Å². The Bertz CT molecular complexity index is 1430. The van der Waals surface area contributed by atoms with Crippen molar-refractivity contribution >= 4 is 52.4 Å². The molecular weight excluding hydrogens is 519 g/mol. The van der Waals surface area contributed by atoms with Gasteiger partial charge in [0.1, 0.15) is 0 Å². The summed E-state index contributed by atoms with van der Waals surface area (Å²) in [5.41, 5.74) is 8.42. The Kier molecular flexibility index (Phi) is 7.91. The fraction of sp³-hybridized carbons (Fsp3) is 0.0769. The second-order valence-corrected chi connectivity index (χ2v) is 9.01. The van der Waals surface area contributed by atoms with Crippen LogP contribution >= 0.6 is 34.8 Å². The number of hydrogen-bond donors (Lipinski definition) is 1. The molecule has 0 spiro atoms. The molecule has 7 nitrogen and oxygen atoms in total. The number of guanidine groups is 1. The third-order valence-corrected chi connectivity index (χ3v) is 6.14. The number of amides is 1. The Morgan fingerprint density at radius 2 is 1.75 bits per heavy atom. The molecule has 0 saturated carbocycles. The van der Waals surface area contributed by atoms with Crippen LogP contribution in [0.5, 0.6) is 0 Å². The van der Waals surface area contributed by atoms with Crippen LogP contribution in [0.4, 0.5) is 5.69 Å². The van der Waals surface area contributed by atoms with Gasteiger partial charge in [0.05, 0.1) is 36.2 Å². The van der Waals surface area contributed by atoms with Crippen molar-refractivity contribution in [3.8, 4) is 6.07 Å². The maximum Gasteiger partial charge on any atom is 0.265 e. The summed E-state index contributed by atoms with van der Waals surface area (Å²) in [5, 5.41) is 10.5. The van der Waals surface area contributed by atoms with E-state index in [0.717, 1.165) is 0 Å². The van der Waals surface area contributed by atoms with Crippen LogP contribution in [0.2, 0.25) is 15.1 Å². The fourth-order valence-electron chi connectivity index (χ4n) is 3.55. The minimum Gasteiger partial charge on any atom is -0.369 e. The van der Waals surface area contributed by atoms with Gasteiger partial charge in [-0.1, -0.05) is 40.9 Å². The number of anilines is 1. The smallest absolute Gasteiger partial charge is 0.265 e. The number of aliphatic imine (C=N–C) groups is 1. The molecular formula is C26H19Cl3N6O. The van der Waals surface area contributed by atoms with Crippen molar-refractivity contribution in [2.45, 2.75) is 12.6 Å². The SMILES string of the molecule is N#Cc1ccc(C(=O)N(C(N)=NC(Cn2ccnc2)c2ccc(Cl)cc2Cl)c2ccc(Cl)cc2)cc1. The number of nitrogens with two attached hydrogens (primary N) is 1. The van der Waals surface area contributed by atoms with Crippen LogP contribution in [0.3, 0.4) is 0 Å². The number of rotatable bonds is 6. The molecule has 1 amide bonds. The number of carbonyl (C=O) groups is 1. The summed E-state index contributed by atoms with van der Waals surface area (Å²) in [5.74, 6) is -0.477. The molecule has 3 aromatic carbocycles. The molecule has 0 aliphatic rings. The van der Waals surface area contributed by atoms with E-state index in [0.29, 0.717) is 44.0 Å². The van der Waals surface area contributed by atoms with Crippen molar-refractivity contribution in [2.24, 2.45) is 10.7 Å². The Morgan fingerprint density at radius 1 is 1.06 bits per heavy atom. The van der Waals surface area contributed by atoms with Crippen molar-refractivity contribution in [2.75, 3.05) is 4.90 Å². The summed E-state index contributed by atoms with van der Waals surface area (Å²) >= 11 is 18.7. The maximum atomic E-state index is 13.6. The van der Waals surface area contributed by atoms with Gasteiger partial charge in [-0.15, -0.1) is 0 Å². The molecule has 2 N–H and O–H groups in total. The molecule has 0 aliphatic heterocycles. The number of halogens is 3. The summed E-state index contributed by atoms with van der Waals surface area (Å²) < 4.78 is 1.83. The van der Waals surface area contributed by atoms with Crippen molar-refractivity contribution < 1.29 is 4.79 Å². The molecule has 180 valence electrons. The van der Waals surface area contributed by atoms with E-state index in [1.807, 2.05) is 10.6 Å². The number of imidazole rings is 1. The number of nitriles is 1. The first-order chi connectivity index (χ1) is 17.4. The largest absolute Gasteiger partial charge is 0.369 e. The summed E-state index contributed by atoms with van der Waals surface area (Å²) in [6.45, 7) is 0.363. The van der Waals surface area contributed by atoms with Gasteiger partial charge in [0.15, 0.2) is 0 Å². The Balaban J connectivity index is 1.79. The topological polar surface area (TPSA) is 100 Å². The van der Waals surface area contributed by atoms with E-state index >= 15 is 0 Å². The molecule has 1 unspecified atom stereocenters. The molecule has 0 radical (unpaired) electrons. The quantitative estimate of drug-likeness (QED) is 0.237. The van der Waals surface area contributed by atoms with Gasteiger partial charge >= 0.3 is 0 Å². The standard InChI is InChI=1S/C26H19Cl3N6O/c27-19-5-8-21(9-6-19)35(25(36)18-3-1-17(14-30)2-4-18)26(31)33-24(15-34-12-11-32-16-34)22-10-7-20(28)13-23(22)29/h1-13,16,24H,15H2,(H2,31,33). The van der Waals surface area contributed by atoms with Gasteiger partial charge in [-0.3, -0.25) is 4.79 Å². The minimum atomic E-state index is -0.562. The zero-order valence-electron chi connectivity index (χ0n) is 18.7. The third-order valence-electron chi connectivity index (χ3n) is 5.33. The monoisotopic (exact) mass is 536 g/mol. The van der Waals surface area contributed by atoms with E-state index in [1.165, 1.54) is 4.90 Å². The van der Waals surface area contributed by atoms with Gasteiger partial charge in [0.2, 0.25) is 5.96 Å². The molecule has 0 fully saturated rings. The Hall–Kier alpha value is -3.83. The number of carbonyl (C=O) groups excluding carboxylic acids is 1. The predicted octanol–water partition coefficient (Wildman–Crippen LogP) is 6.12. The molecule has 1 atom stereocenters. The van der Waals surface area contributed by atoms with Crippen LogP contribution in [-0.2, 0) is 6.54 Å². The Labute approximate surface area is 223 Å². The van der Waals surface area contributed by atoms with Crippen LogP contribution in [0.15, 0.2) is 90.4 Å². The molecule has 4 aromatic rings. The third kappa shape index (κ3) is 5.86. The van der Waals surface area contributed by atoms with Crippen molar-refractivity contribution in [3.05, 3.63) is 117 Å². The average Bonchev–Trinajstić information content (AvgIpc) is 3.38. The van der Waals surface area contributed by atoms with Gasteiger partial charge in [-0.2, -0.15) is 5.26 Å². The number of benzene rings is 3. The van der Waals surface area contributed by atoms with Crippen LogP contribution < -0.4 is 10.6 Å². The number of nitrogens with zero attached hydrogens (tertiary/aromatic N) is 5. The van der Waals surface area contributed by atoms with Crippen molar-refractivity contribution in [3.63, 3.8) is 0 Å². The van der Waals surface area contributed by atoms with Gasteiger partial charge in [0, 0.05) is 33.0 Å². The lowest BCUT2D eigenvalue weighted by molar-refractivity contribution is 0.100. The van der Waals surface area contributed by atoms with Gasteiger partial charge in [-0.05, 0) is 66.2 Å². The normalized spacial score (nSPS) is 12.1. The van der Waals surface area contributed by atoms with E-state index < -0.39 is 11.9 Å². The highest BCUT2D eigenvalue weighted by molar-refractivity contribution is 6.35. The maximum absolute atomic E-state index is 13.6. The number of aromatic nitrogens is 2. The first kappa shape index (κ1) is 25.3. The highest BCUT2D eigenvalue weighted by Crippen LogP contribution is 2.30. The van der Waals surface area contributed by atoms with E-state index in [-0.39, 0.29) is 5.96 Å². The molecule has 10 heteroatoms. The molecule has 0 aliphatic carbocycles. The lowest BCUT2D eigenvalue weighted by atomic mass is 10.1. The molecule has 0 bridgehead atoms. The van der Waals surface area contributed by atoms with E-state index in [9.17, 15) is 4.79 Å². The molecule has 0 saturated heterocycles. The second kappa shape index (κ2) is 11.3. The molecule has 1 heterocycles. The van der Waals surface area contributed by atoms with E-state index in [4.69, 9.17) is 50.8 Å². The van der Waals surface area contributed by atoms with Crippen LogP contribution in [0.1, 0.15) is 27.5 Å². The Morgan fingerprint density at radius 3 is 2.36 bits per heavy atom. The summed E-state index contributed by atoms with van der Waals surface area (Å²) in [4.78, 5) is 23.7. The summed E-state index contributed by atoms with van der Waals surface area (Å²) in [6, 6.07) is 19.5. The summed E-state index contributed by atoms with van der Waals surface area (Å²) in [7, 11) is 0. The number of hydrogen-bond acceptors (Lipinski definition) is 4. The second-order valence-electron chi connectivity index (χ2n) is 7.73. The van der Waals surface area contributed by atoms with Gasteiger partial charge in [0.25, 0.3) is 5.91 Å². The van der Waals surface area contributed by atoms with Crippen LogP contribution in [-0.4, -0.2) is 21.4 Å². The summed E-state index contributed by atoms with van der Waals surface area (Å²) in [6.07, 6.45) is 5.10. The zero-order valence-corrected chi connectivity index (χ0v) is 21.0. The predicted molar refractivity (Wildman–Crippen MR) is 142 cm³/mol.